The minimum Gasteiger partial charge on any atom is -0.350 e. The highest BCUT2D eigenvalue weighted by Gasteiger charge is 2.26. The number of nitrogens with two attached hydrogens (primary N) is 1. The molecule has 0 unspecified atom stereocenters. The lowest BCUT2D eigenvalue weighted by atomic mass is 9.94. The maximum atomic E-state index is 11.9. The first-order chi connectivity index (χ1) is 8.35. The third kappa shape index (κ3) is 3.83. The fourth-order valence-electron chi connectivity index (χ4n) is 1.47. The van der Waals surface area contributed by atoms with E-state index in [1.807, 2.05) is 20.8 Å². The van der Waals surface area contributed by atoms with Crippen LogP contribution >= 0.6 is 0 Å². The second-order valence-electron chi connectivity index (χ2n) is 4.90. The van der Waals surface area contributed by atoms with Gasteiger partial charge in [0, 0.05) is 18.5 Å². The predicted octanol–water partition coefficient (Wildman–Crippen LogP) is 0.0177. The molecule has 0 aromatic rings. The molecule has 0 saturated carbocycles. The van der Waals surface area contributed by atoms with Crippen molar-refractivity contribution in [2.24, 2.45) is 21.2 Å². The molecule has 3 amide bonds. The minimum atomic E-state index is -0.768. The lowest BCUT2D eigenvalue weighted by Gasteiger charge is -2.19. The molecule has 1 aliphatic rings. The van der Waals surface area contributed by atoms with E-state index in [1.165, 1.54) is 0 Å². The van der Waals surface area contributed by atoms with Gasteiger partial charge < -0.3 is 11.1 Å². The number of nitrogens with one attached hydrogen (secondary N) is 2. The molecule has 0 aromatic heterocycles. The van der Waals surface area contributed by atoms with E-state index < -0.39 is 6.03 Å². The number of hydrogen-bond donors (Lipinski definition) is 3. The summed E-state index contributed by atoms with van der Waals surface area (Å²) in [4.78, 5) is 26.8. The smallest absolute Gasteiger partial charge is 0.332 e. The Morgan fingerprint density at radius 1 is 1.61 bits per heavy atom. The second kappa shape index (κ2) is 5.61. The summed E-state index contributed by atoms with van der Waals surface area (Å²) in [5, 5.41) is 6.60. The number of hydrogen-bond acceptors (Lipinski definition) is 4. The lowest BCUT2D eigenvalue weighted by Crippen LogP contribution is -2.38. The molecule has 0 aliphatic carbocycles. The van der Waals surface area contributed by atoms with Crippen LogP contribution in [0.3, 0.4) is 0 Å². The van der Waals surface area contributed by atoms with Crippen LogP contribution in [0.4, 0.5) is 4.79 Å². The SMILES string of the molecule is CC/C(=N/NC(N)=O)C1=NCC(C)(C)CNC1=O. The van der Waals surface area contributed by atoms with Gasteiger partial charge in [0.05, 0.1) is 5.71 Å². The van der Waals surface area contributed by atoms with Crippen LogP contribution in [0.15, 0.2) is 10.1 Å². The first kappa shape index (κ1) is 14.1. The fourth-order valence-corrected chi connectivity index (χ4v) is 1.47. The highest BCUT2D eigenvalue weighted by molar-refractivity contribution is 6.67. The van der Waals surface area contributed by atoms with Gasteiger partial charge in [-0.1, -0.05) is 20.8 Å². The molecule has 1 aliphatic heterocycles. The molecule has 0 radical (unpaired) electrons. The van der Waals surface area contributed by atoms with Crippen molar-refractivity contribution < 1.29 is 9.59 Å². The molecule has 4 N–H and O–H groups in total. The number of carbonyl (C=O) groups is 2. The average Bonchev–Trinajstić information content (AvgIpc) is 2.41. The van der Waals surface area contributed by atoms with Crippen molar-refractivity contribution in [3.63, 3.8) is 0 Å². The van der Waals surface area contributed by atoms with Crippen molar-refractivity contribution in [3.8, 4) is 0 Å². The average molecular weight is 253 g/mol. The number of urea groups is 1. The minimum absolute atomic E-state index is 0.0899. The number of primary amides is 1. The fraction of sp³-hybridized carbons (Fsp3) is 0.636. The van der Waals surface area contributed by atoms with E-state index in [0.29, 0.717) is 25.2 Å². The van der Waals surface area contributed by atoms with Gasteiger partial charge in [-0.2, -0.15) is 5.10 Å². The van der Waals surface area contributed by atoms with Crippen LogP contribution in [0.25, 0.3) is 0 Å². The largest absolute Gasteiger partial charge is 0.350 e. The Hall–Kier alpha value is -1.92. The summed E-state index contributed by atoms with van der Waals surface area (Å²) >= 11 is 0. The highest BCUT2D eigenvalue weighted by Crippen LogP contribution is 2.16. The van der Waals surface area contributed by atoms with Crippen molar-refractivity contribution in [3.05, 3.63) is 0 Å². The number of hydrazone groups is 1. The van der Waals surface area contributed by atoms with Crippen LogP contribution in [0.2, 0.25) is 0 Å². The number of aliphatic imine (C=N–C) groups is 1. The molecule has 1 heterocycles. The summed E-state index contributed by atoms with van der Waals surface area (Å²) in [7, 11) is 0. The van der Waals surface area contributed by atoms with Crippen LogP contribution < -0.4 is 16.5 Å². The Balaban J connectivity index is 2.96. The molecule has 18 heavy (non-hydrogen) atoms. The van der Waals surface area contributed by atoms with Gasteiger partial charge in [0.2, 0.25) is 0 Å². The number of rotatable bonds is 3. The van der Waals surface area contributed by atoms with Gasteiger partial charge in [-0.15, -0.1) is 0 Å². The van der Waals surface area contributed by atoms with Crippen LogP contribution in [-0.2, 0) is 4.79 Å². The van der Waals surface area contributed by atoms with Gasteiger partial charge in [-0.25, -0.2) is 10.2 Å². The van der Waals surface area contributed by atoms with E-state index in [9.17, 15) is 9.59 Å². The van der Waals surface area contributed by atoms with Gasteiger partial charge in [-0.3, -0.25) is 9.79 Å². The highest BCUT2D eigenvalue weighted by atomic mass is 16.2. The van der Waals surface area contributed by atoms with Crippen LogP contribution in [0.1, 0.15) is 27.2 Å². The quantitative estimate of drug-likeness (QED) is 0.486. The van der Waals surface area contributed by atoms with Crippen molar-refractivity contribution >= 4 is 23.4 Å². The number of carbonyl (C=O) groups excluding carboxylic acids is 2. The maximum absolute atomic E-state index is 11.9. The Morgan fingerprint density at radius 3 is 2.83 bits per heavy atom. The van der Waals surface area contributed by atoms with Gasteiger partial charge in [-0.05, 0) is 6.42 Å². The molecule has 0 bridgehead atoms. The van der Waals surface area contributed by atoms with E-state index in [4.69, 9.17) is 5.73 Å². The summed E-state index contributed by atoms with van der Waals surface area (Å²) in [6.07, 6.45) is 0.479. The number of nitrogens with zero attached hydrogens (tertiary/aromatic N) is 2. The summed E-state index contributed by atoms with van der Waals surface area (Å²) in [6.45, 7) is 6.94. The molecule has 0 aromatic carbocycles. The molecule has 100 valence electrons. The first-order valence-corrected chi connectivity index (χ1v) is 5.81. The number of amides is 3. The van der Waals surface area contributed by atoms with Crippen molar-refractivity contribution in [1.29, 1.82) is 0 Å². The van der Waals surface area contributed by atoms with Gasteiger partial charge >= 0.3 is 6.03 Å². The van der Waals surface area contributed by atoms with E-state index in [2.05, 4.69) is 20.8 Å². The Kier molecular flexibility index (Phi) is 4.41. The molecular formula is C11H19N5O2. The van der Waals surface area contributed by atoms with Gasteiger partial charge in [0.1, 0.15) is 5.71 Å². The molecule has 0 saturated heterocycles. The van der Waals surface area contributed by atoms with Crippen LogP contribution in [0, 0.1) is 5.41 Å². The molecule has 7 nitrogen and oxygen atoms in total. The molecule has 0 fully saturated rings. The van der Waals surface area contributed by atoms with Gasteiger partial charge in [0.15, 0.2) is 0 Å². The third-order valence-corrected chi connectivity index (χ3v) is 2.52. The summed E-state index contributed by atoms with van der Waals surface area (Å²) in [5.74, 6) is -0.271. The second-order valence-corrected chi connectivity index (χ2v) is 4.90. The molecule has 1 rings (SSSR count). The van der Waals surface area contributed by atoms with Crippen LogP contribution in [0.5, 0.6) is 0 Å². The summed E-state index contributed by atoms with van der Waals surface area (Å²) < 4.78 is 0. The summed E-state index contributed by atoms with van der Waals surface area (Å²) in [6, 6.07) is -0.768. The Bertz CT molecular complexity index is 412. The maximum Gasteiger partial charge on any atom is 0.332 e. The van der Waals surface area contributed by atoms with Crippen molar-refractivity contribution in [1.82, 2.24) is 10.7 Å². The van der Waals surface area contributed by atoms with Gasteiger partial charge in [0.25, 0.3) is 5.91 Å². The molecule has 7 heteroatoms. The Morgan fingerprint density at radius 2 is 2.28 bits per heavy atom. The summed E-state index contributed by atoms with van der Waals surface area (Å²) in [5.41, 5.74) is 7.65. The van der Waals surface area contributed by atoms with Crippen molar-refractivity contribution in [2.45, 2.75) is 27.2 Å². The van der Waals surface area contributed by atoms with E-state index in [1.54, 1.807) is 0 Å². The standard InChI is InChI=1S/C11H19N5O2/c1-4-7(15-16-10(12)18)8-9(17)14-6-11(2,3)5-13-8/h4-6H2,1-3H3,(H,14,17)(H3,12,16,18)/b15-7-. The van der Waals surface area contributed by atoms with E-state index >= 15 is 0 Å². The lowest BCUT2D eigenvalue weighted by molar-refractivity contribution is -0.114. The zero-order valence-electron chi connectivity index (χ0n) is 10.9. The zero-order valence-corrected chi connectivity index (χ0v) is 10.9. The monoisotopic (exact) mass is 253 g/mol. The third-order valence-electron chi connectivity index (χ3n) is 2.52. The normalized spacial score (nSPS) is 19.6. The topological polar surface area (TPSA) is 109 Å². The molecule has 0 atom stereocenters. The molecular weight excluding hydrogens is 234 g/mol. The first-order valence-electron chi connectivity index (χ1n) is 5.81. The molecule has 0 spiro atoms. The van der Waals surface area contributed by atoms with Crippen LogP contribution in [-0.4, -0.2) is 36.5 Å². The van der Waals surface area contributed by atoms with E-state index in [-0.39, 0.29) is 17.0 Å². The zero-order chi connectivity index (χ0) is 13.8. The van der Waals surface area contributed by atoms with E-state index in [0.717, 1.165) is 0 Å². The predicted molar refractivity (Wildman–Crippen MR) is 69.5 cm³/mol. The van der Waals surface area contributed by atoms with Crippen molar-refractivity contribution in [2.75, 3.05) is 13.1 Å². The Labute approximate surface area is 106 Å².